The minimum atomic E-state index is 0.234. The predicted molar refractivity (Wildman–Crippen MR) is 36.9 cm³/mol. The van der Waals surface area contributed by atoms with Gasteiger partial charge in [0, 0.05) is 25.1 Å². The molecule has 1 fully saturated rings. The summed E-state index contributed by atoms with van der Waals surface area (Å²) in [7, 11) is 0. The molecule has 2 aliphatic heterocycles. The molecule has 0 aromatic heterocycles. The molecule has 10 heavy (non-hydrogen) atoms. The summed E-state index contributed by atoms with van der Waals surface area (Å²) < 4.78 is 0. The van der Waals surface area contributed by atoms with E-state index < -0.39 is 0 Å². The number of carbonyl (C=O) groups is 1. The minimum Gasteiger partial charge on any atom is -0.330 e. The molecule has 3 nitrogen and oxygen atoms in total. The van der Waals surface area contributed by atoms with Crippen LogP contribution in [0.2, 0.25) is 0 Å². The van der Waals surface area contributed by atoms with Crippen molar-refractivity contribution < 1.29 is 4.79 Å². The molecule has 1 amide bonds. The van der Waals surface area contributed by atoms with E-state index in [9.17, 15) is 4.79 Å². The number of amides is 1. The molecule has 0 aromatic carbocycles. The summed E-state index contributed by atoms with van der Waals surface area (Å²) in [5.74, 6) is 0.648. The third-order valence-electron chi connectivity index (χ3n) is 2.29. The number of β-lactam (4-membered cyclic amide) rings is 1. The van der Waals surface area contributed by atoms with Gasteiger partial charge in [-0.2, -0.15) is 0 Å². The zero-order chi connectivity index (χ0) is 7.14. The zero-order valence-corrected chi connectivity index (χ0v) is 5.66. The Balaban J connectivity index is 2.10. The Morgan fingerprint density at radius 3 is 3.10 bits per heavy atom. The summed E-state index contributed by atoms with van der Waals surface area (Å²) >= 11 is 0. The lowest BCUT2D eigenvalue weighted by Crippen LogP contribution is -2.50. The standard InChI is InChI=1S/C7H10N2O/c8-4-5-1-2-9-6(5)3-7(9)10/h1-2,5-6H,3-4,8H2/t5?,6-/m0/s1. The van der Waals surface area contributed by atoms with E-state index >= 15 is 0 Å². The third kappa shape index (κ3) is 0.555. The van der Waals surface area contributed by atoms with Crippen LogP contribution in [0.15, 0.2) is 12.3 Å². The third-order valence-corrected chi connectivity index (χ3v) is 2.29. The van der Waals surface area contributed by atoms with Crippen molar-refractivity contribution in [2.75, 3.05) is 6.54 Å². The lowest BCUT2D eigenvalue weighted by molar-refractivity contribution is -0.141. The maximum absolute atomic E-state index is 10.8. The van der Waals surface area contributed by atoms with Crippen LogP contribution in [0.4, 0.5) is 0 Å². The van der Waals surface area contributed by atoms with Gasteiger partial charge < -0.3 is 10.6 Å². The fourth-order valence-corrected chi connectivity index (χ4v) is 1.57. The Morgan fingerprint density at radius 2 is 2.60 bits per heavy atom. The Kier molecular flexibility index (Phi) is 1.08. The summed E-state index contributed by atoms with van der Waals surface area (Å²) in [5.41, 5.74) is 5.48. The highest BCUT2D eigenvalue weighted by Gasteiger charge is 2.41. The van der Waals surface area contributed by atoms with Crippen LogP contribution >= 0.6 is 0 Å². The SMILES string of the molecule is NCC1C=CN2C(=O)C[C@@H]12. The van der Waals surface area contributed by atoms with Crippen LogP contribution in [0.25, 0.3) is 0 Å². The van der Waals surface area contributed by atoms with E-state index in [0.29, 0.717) is 24.9 Å². The molecule has 0 saturated carbocycles. The van der Waals surface area contributed by atoms with Crippen molar-refractivity contribution in [1.29, 1.82) is 0 Å². The molecule has 2 heterocycles. The Bertz CT molecular complexity index is 200. The molecule has 0 radical (unpaired) electrons. The van der Waals surface area contributed by atoms with Crippen LogP contribution in [0.3, 0.4) is 0 Å². The average Bonchev–Trinajstić information content (AvgIpc) is 2.25. The van der Waals surface area contributed by atoms with E-state index in [1.165, 1.54) is 0 Å². The number of carbonyl (C=O) groups excluding carboxylic acids is 1. The second-order valence-corrected chi connectivity index (χ2v) is 2.81. The van der Waals surface area contributed by atoms with Crippen molar-refractivity contribution in [3.05, 3.63) is 12.3 Å². The van der Waals surface area contributed by atoms with Crippen molar-refractivity contribution in [2.45, 2.75) is 12.5 Å². The number of rotatable bonds is 1. The van der Waals surface area contributed by atoms with Crippen LogP contribution < -0.4 is 5.73 Å². The second kappa shape index (κ2) is 1.83. The highest BCUT2D eigenvalue weighted by molar-refractivity contribution is 5.85. The quantitative estimate of drug-likeness (QED) is 0.505. The van der Waals surface area contributed by atoms with Crippen LogP contribution in [0.5, 0.6) is 0 Å². The van der Waals surface area contributed by atoms with Gasteiger partial charge in [0.05, 0.1) is 6.04 Å². The summed E-state index contributed by atoms with van der Waals surface area (Å²) in [5, 5.41) is 0. The number of fused-ring (bicyclic) bond motifs is 1. The molecule has 2 aliphatic rings. The van der Waals surface area contributed by atoms with Crippen molar-refractivity contribution in [3.63, 3.8) is 0 Å². The molecule has 0 aliphatic carbocycles. The molecule has 2 rings (SSSR count). The Labute approximate surface area is 59.5 Å². The van der Waals surface area contributed by atoms with Gasteiger partial charge in [-0.05, 0) is 0 Å². The van der Waals surface area contributed by atoms with E-state index in [1.807, 2.05) is 12.3 Å². The number of hydrogen-bond donors (Lipinski definition) is 1. The fourth-order valence-electron chi connectivity index (χ4n) is 1.57. The topological polar surface area (TPSA) is 46.3 Å². The minimum absolute atomic E-state index is 0.234. The van der Waals surface area contributed by atoms with E-state index in [0.717, 1.165) is 0 Å². The molecule has 2 N–H and O–H groups in total. The Morgan fingerprint density at radius 1 is 1.80 bits per heavy atom. The van der Waals surface area contributed by atoms with E-state index in [1.54, 1.807) is 4.90 Å². The average molecular weight is 138 g/mol. The van der Waals surface area contributed by atoms with Gasteiger partial charge in [-0.15, -0.1) is 0 Å². The van der Waals surface area contributed by atoms with E-state index in [-0.39, 0.29) is 5.91 Å². The first-order valence-corrected chi connectivity index (χ1v) is 3.52. The summed E-state index contributed by atoms with van der Waals surface area (Å²) in [6.45, 7) is 0.658. The van der Waals surface area contributed by atoms with Crippen LogP contribution in [-0.4, -0.2) is 23.4 Å². The van der Waals surface area contributed by atoms with Gasteiger partial charge in [-0.25, -0.2) is 0 Å². The molecule has 54 valence electrons. The summed E-state index contributed by atoms with van der Waals surface area (Å²) in [6, 6.07) is 0.400. The summed E-state index contributed by atoms with van der Waals surface area (Å²) in [4.78, 5) is 12.6. The molecule has 1 saturated heterocycles. The lowest BCUT2D eigenvalue weighted by Gasteiger charge is -2.36. The highest BCUT2D eigenvalue weighted by Crippen LogP contribution is 2.31. The molecule has 0 bridgehead atoms. The molecular weight excluding hydrogens is 128 g/mol. The number of nitrogens with two attached hydrogens (primary N) is 1. The summed E-state index contributed by atoms with van der Waals surface area (Å²) in [6.07, 6.45) is 4.57. The van der Waals surface area contributed by atoms with Crippen molar-refractivity contribution in [3.8, 4) is 0 Å². The molecule has 1 unspecified atom stereocenters. The van der Waals surface area contributed by atoms with Crippen LogP contribution in [-0.2, 0) is 4.79 Å². The largest absolute Gasteiger partial charge is 0.330 e. The number of hydrogen-bond acceptors (Lipinski definition) is 2. The first kappa shape index (κ1) is 5.92. The first-order chi connectivity index (χ1) is 4.83. The molecule has 0 spiro atoms. The second-order valence-electron chi connectivity index (χ2n) is 2.81. The van der Waals surface area contributed by atoms with Crippen molar-refractivity contribution >= 4 is 5.91 Å². The van der Waals surface area contributed by atoms with Gasteiger partial charge in [0.1, 0.15) is 0 Å². The maximum Gasteiger partial charge on any atom is 0.228 e. The predicted octanol–water partition coefficient (Wildman–Crippen LogP) is -0.310. The van der Waals surface area contributed by atoms with Gasteiger partial charge in [0.25, 0.3) is 0 Å². The van der Waals surface area contributed by atoms with Gasteiger partial charge in [0.2, 0.25) is 5.91 Å². The van der Waals surface area contributed by atoms with Crippen molar-refractivity contribution in [1.82, 2.24) is 4.90 Å². The van der Waals surface area contributed by atoms with E-state index in [2.05, 4.69) is 0 Å². The maximum atomic E-state index is 10.8. The molecular formula is C7H10N2O. The Hall–Kier alpha value is -0.830. The van der Waals surface area contributed by atoms with Gasteiger partial charge in [0.15, 0.2) is 0 Å². The zero-order valence-electron chi connectivity index (χ0n) is 5.66. The molecule has 2 atom stereocenters. The normalized spacial score (nSPS) is 36.1. The van der Waals surface area contributed by atoms with E-state index in [4.69, 9.17) is 5.73 Å². The van der Waals surface area contributed by atoms with Crippen LogP contribution in [0, 0.1) is 5.92 Å². The monoisotopic (exact) mass is 138 g/mol. The highest BCUT2D eigenvalue weighted by atomic mass is 16.2. The smallest absolute Gasteiger partial charge is 0.228 e. The first-order valence-electron chi connectivity index (χ1n) is 3.52. The van der Waals surface area contributed by atoms with Gasteiger partial charge in [-0.1, -0.05) is 6.08 Å². The molecule has 3 heteroatoms. The van der Waals surface area contributed by atoms with Crippen molar-refractivity contribution in [2.24, 2.45) is 11.7 Å². The van der Waals surface area contributed by atoms with Gasteiger partial charge >= 0.3 is 0 Å². The number of nitrogens with zero attached hydrogens (tertiary/aromatic N) is 1. The van der Waals surface area contributed by atoms with Gasteiger partial charge in [-0.3, -0.25) is 4.79 Å². The molecule has 0 aromatic rings. The van der Waals surface area contributed by atoms with Crippen LogP contribution in [0.1, 0.15) is 6.42 Å². The fraction of sp³-hybridized carbons (Fsp3) is 0.571. The lowest BCUT2D eigenvalue weighted by atomic mass is 9.93.